The summed E-state index contributed by atoms with van der Waals surface area (Å²) in [6.07, 6.45) is 0.719. The van der Waals surface area contributed by atoms with Crippen molar-refractivity contribution in [3.8, 4) is 5.75 Å². The van der Waals surface area contributed by atoms with E-state index in [1.807, 2.05) is 42.5 Å². The number of rotatable bonds is 10. The van der Waals surface area contributed by atoms with E-state index in [1.54, 1.807) is 14.2 Å². The van der Waals surface area contributed by atoms with Crippen molar-refractivity contribution in [3.63, 3.8) is 0 Å². The smallest absolute Gasteiger partial charge is 0.237 e. The van der Waals surface area contributed by atoms with Gasteiger partial charge >= 0.3 is 0 Å². The molecule has 0 aromatic heterocycles. The molecule has 1 aliphatic rings. The molecule has 1 saturated heterocycles. The fraction of sp³-hybridized carbons (Fsp3) is 0.370. The van der Waals surface area contributed by atoms with Crippen LogP contribution >= 0.6 is 11.6 Å². The summed E-state index contributed by atoms with van der Waals surface area (Å²) in [5.41, 5.74) is 2.15. The van der Waals surface area contributed by atoms with E-state index in [0.29, 0.717) is 26.2 Å². The van der Waals surface area contributed by atoms with Crippen LogP contribution in [0.4, 0.5) is 0 Å². The van der Waals surface area contributed by atoms with Crippen LogP contribution in [0.25, 0.3) is 10.8 Å². The zero-order valence-electron chi connectivity index (χ0n) is 19.7. The molecule has 6 nitrogen and oxygen atoms in total. The Morgan fingerprint density at radius 3 is 2.68 bits per heavy atom. The first kappa shape index (κ1) is 24.5. The Morgan fingerprint density at radius 1 is 1.09 bits per heavy atom. The van der Waals surface area contributed by atoms with Crippen molar-refractivity contribution in [2.45, 2.75) is 31.6 Å². The fourth-order valence-corrected chi connectivity index (χ4v) is 4.87. The van der Waals surface area contributed by atoms with Gasteiger partial charge in [-0.2, -0.15) is 0 Å². The first-order valence-electron chi connectivity index (χ1n) is 11.6. The Bertz CT molecular complexity index is 1120. The largest absolute Gasteiger partial charge is 0.496 e. The molecule has 3 aromatic carbocycles. The summed E-state index contributed by atoms with van der Waals surface area (Å²) in [7, 11) is 3.34. The molecule has 0 aliphatic carbocycles. The van der Waals surface area contributed by atoms with E-state index in [2.05, 4.69) is 33.7 Å². The van der Waals surface area contributed by atoms with E-state index in [-0.39, 0.29) is 18.0 Å². The predicted molar refractivity (Wildman–Crippen MR) is 136 cm³/mol. The number of amides is 1. The molecular weight excluding hydrogens is 450 g/mol. The van der Waals surface area contributed by atoms with E-state index in [0.717, 1.165) is 34.9 Å². The molecule has 0 unspecified atom stereocenters. The van der Waals surface area contributed by atoms with Gasteiger partial charge in [0.2, 0.25) is 5.91 Å². The van der Waals surface area contributed by atoms with Gasteiger partial charge in [-0.05, 0) is 34.9 Å². The molecular formula is C27H32ClN3O3. The highest BCUT2D eigenvalue weighted by atomic mass is 35.5. The van der Waals surface area contributed by atoms with Gasteiger partial charge in [-0.15, -0.1) is 0 Å². The predicted octanol–water partition coefficient (Wildman–Crippen LogP) is 4.00. The quantitative estimate of drug-likeness (QED) is 0.429. The number of carbonyl (C=O) groups excluding carboxylic acids is 1. The number of ether oxygens (including phenoxy) is 2. The number of carbonyl (C=O) groups is 1. The lowest BCUT2D eigenvalue weighted by molar-refractivity contribution is -0.125. The molecule has 4 rings (SSSR count). The monoisotopic (exact) mass is 481 g/mol. The second kappa shape index (κ2) is 11.7. The van der Waals surface area contributed by atoms with Crippen LogP contribution in [0.3, 0.4) is 0 Å². The SMILES string of the molecule is COCCNC(=O)[C@@H]1C[C@H](NCc2c(OC)ccc3ccccc23)CN1Cc1ccccc1Cl. The summed E-state index contributed by atoms with van der Waals surface area (Å²) in [5.74, 6) is 0.891. The molecule has 1 amide bonds. The molecule has 2 atom stereocenters. The molecule has 7 heteroatoms. The van der Waals surface area contributed by atoms with Crippen LogP contribution in [0.5, 0.6) is 5.75 Å². The molecule has 0 spiro atoms. The maximum atomic E-state index is 13.0. The van der Waals surface area contributed by atoms with E-state index < -0.39 is 0 Å². The van der Waals surface area contributed by atoms with Crippen molar-refractivity contribution in [3.05, 3.63) is 76.8 Å². The lowest BCUT2D eigenvalue weighted by Gasteiger charge is -2.24. The summed E-state index contributed by atoms with van der Waals surface area (Å²) < 4.78 is 10.7. The van der Waals surface area contributed by atoms with E-state index in [1.165, 1.54) is 10.8 Å². The molecule has 1 aliphatic heterocycles. The molecule has 0 bridgehead atoms. The number of nitrogens with zero attached hydrogens (tertiary/aromatic N) is 1. The summed E-state index contributed by atoms with van der Waals surface area (Å²) in [6, 6.07) is 20.2. The summed E-state index contributed by atoms with van der Waals surface area (Å²) in [5, 5.41) is 9.77. The van der Waals surface area contributed by atoms with Crippen LogP contribution in [0.1, 0.15) is 17.5 Å². The van der Waals surface area contributed by atoms with Crippen LogP contribution in [0.2, 0.25) is 5.02 Å². The van der Waals surface area contributed by atoms with Gasteiger partial charge in [0.1, 0.15) is 5.75 Å². The second-order valence-corrected chi connectivity index (χ2v) is 9.01. The van der Waals surface area contributed by atoms with Gasteiger partial charge in [0.15, 0.2) is 0 Å². The number of benzene rings is 3. The number of methoxy groups -OCH3 is 2. The van der Waals surface area contributed by atoms with E-state index in [9.17, 15) is 4.79 Å². The molecule has 1 heterocycles. The Hall–Kier alpha value is -2.64. The lowest BCUT2D eigenvalue weighted by atomic mass is 10.0. The number of hydrogen-bond donors (Lipinski definition) is 2. The zero-order valence-corrected chi connectivity index (χ0v) is 20.5. The summed E-state index contributed by atoms with van der Waals surface area (Å²) >= 11 is 6.43. The van der Waals surface area contributed by atoms with Crippen LogP contribution < -0.4 is 15.4 Å². The minimum absolute atomic E-state index is 0.0242. The molecule has 2 N–H and O–H groups in total. The Labute approximate surface area is 206 Å². The van der Waals surface area contributed by atoms with Crippen LogP contribution in [-0.2, 0) is 22.6 Å². The third kappa shape index (κ3) is 5.70. The molecule has 1 fully saturated rings. The molecule has 0 saturated carbocycles. The standard InChI is InChI=1S/C27H32ClN3O3/c1-33-14-13-29-27(32)25-15-21(18-31(25)17-20-8-4-6-10-24(20)28)30-16-23-22-9-5-3-7-19(22)11-12-26(23)34-2/h3-12,21,25,30H,13-18H2,1-2H3,(H,29,32)/t21-,25-/m0/s1. The van der Waals surface area contributed by atoms with Crippen molar-refractivity contribution >= 4 is 28.3 Å². The van der Waals surface area contributed by atoms with Gasteiger partial charge in [-0.3, -0.25) is 9.69 Å². The second-order valence-electron chi connectivity index (χ2n) is 8.60. The fourth-order valence-electron chi connectivity index (χ4n) is 4.67. The summed E-state index contributed by atoms with van der Waals surface area (Å²) in [4.78, 5) is 15.2. The van der Waals surface area contributed by atoms with Crippen LogP contribution in [0.15, 0.2) is 60.7 Å². The maximum absolute atomic E-state index is 13.0. The van der Waals surface area contributed by atoms with E-state index in [4.69, 9.17) is 21.1 Å². The molecule has 180 valence electrons. The number of hydrogen-bond acceptors (Lipinski definition) is 5. The third-order valence-corrected chi connectivity index (χ3v) is 6.80. The molecule has 34 heavy (non-hydrogen) atoms. The maximum Gasteiger partial charge on any atom is 0.237 e. The first-order chi connectivity index (χ1) is 16.6. The van der Waals surface area contributed by atoms with Crippen LogP contribution in [0, 0.1) is 0 Å². The van der Waals surface area contributed by atoms with Crippen LogP contribution in [-0.4, -0.2) is 56.8 Å². The average molecular weight is 482 g/mol. The number of nitrogens with one attached hydrogen (secondary N) is 2. The van der Waals surface area contributed by atoms with Gasteiger partial charge < -0.3 is 20.1 Å². The number of halogens is 1. The van der Waals surface area contributed by atoms with E-state index >= 15 is 0 Å². The Kier molecular flexibility index (Phi) is 8.40. The third-order valence-electron chi connectivity index (χ3n) is 6.43. The van der Waals surface area contributed by atoms with Gasteiger partial charge in [0.25, 0.3) is 0 Å². The Balaban J connectivity index is 1.50. The van der Waals surface area contributed by atoms with Gasteiger partial charge in [-0.25, -0.2) is 0 Å². The summed E-state index contributed by atoms with van der Waals surface area (Å²) in [6.45, 7) is 3.02. The van der Waals surface area contributed by atoms with Gasteiger partial charge in [-0.1, -0.05) is 60.1 Å². The topological polar surface area (TPSA) is 62.8 Å². The highest BCUT2D eigenvalue weighted by Gasteiger charge is 2.36. The van der Waals surface area contributed by atoms with Crippen molar-refractivity contribution in [2.24, 2.45) is 0 Å². The minimum atomic E-state index is -0.236. The highest BCUT2D eigenvalue weighted by Crippen LogP contribution is 2.29. The number of fused-ring (bicyclic) bond motifs is 1. The average Bonchev–Trinajstić information content (AvgIpc) is 3.26. The van der Waals surface area contributed by atoms with Crippen molar-refractivity contribution in [1.29, 1.82) is 0 Å². The van der Waals surface area contributed by atoms with Crippen molar-refractivity contribution < 1.29 is 14.3 Å². The minimum Gasteiger partial charge on any atom is -0.496 e. The van der Waals surface area contributed by atoms with Crippen molar-refractivity contribution in [2.75, 3.05) is 33.9 Å². The zero-order chi connectivity index (χ0) is 23.9. The molecule has 0 radical (unpaired) electrons. The molecule has 3 aromatic rings. The normalized spacial score (nSPS) is 18.3. The number of likely N-dealkylation sites (tertiary alicyclic amines) is 1. The highest BCUT2D eigenvalue weighted by molar-refractivity contribution is 6.31. The van der Waals surface area contributed by atoms with Gasteiger partial charge in [0, 0.05) is 49.9 Å². The Morgan fingerprint density at radius 2 is 1.88 bits per heavy atom. The first-order valence-corrected chi connectivity index (χ1v) is 12.0. The lowest BCUT2D eigenvalue weighted by Crippen LogP contribution is -2.43. The van der Waals surface area contributed by atoms with Crippen molar-refractivity contribution in [1.82, 2.24) is 15.5 Å². The van der Waals surface area contributed by atoms with Gasteiger partial charge in [0.05, 0.1) is 19.8 Å².